The van der Waals surface area contributed by atoms with Crippen LogP contribution in [0, 0.1) is 22.7 Å². The molecule has 0 aliphatic heterocycles. The van der Waals surface area contributed by atoms with E-state index in [0.29, 0.717) is 11.1 Å². The molecule has 1 amide bonds. The van der Waals surface area contributed by atoms with Crippen molar-refractivity contribution in [2.75, 3.05) is 6.61 Å². The number of alkyl carbamates (subject to hydrolysis) is 1. The first-order valence-electron chi connectivity index (χ1n) is 8.53. The highest BCUT2D eigenvalue weighted by atomic mass is 16.6. The number of aromatic nitrogens is 2. The lowest BCUT2D eigenvalue weighted by atomic mass is 10.1. The van der Waals surface area contributed by atoms with Gasteiger partial charge in [0.1, 0.15) is 23.8 Å². The molecular weight excluding hydrogens is 362 g/mol. The predicted molar refractivity (Wildman–Crippen MR) is 98.9 cm³/mol. The van der Waals surface area contributed by atoms with E-state index < -0.39 is 30.3 Å². The molecule has 2 rings (SSSR count). The molecule has 9 heteroatoms. The lowest BCUT2D eigenvalue weighted by Gasteiger charge is -2.22. The number of carbonyl (C=O) groups is 2. The summed E-state index contributed by atoms with van der Waals surface area (Å²) in [5, 5.41) is 20.2. The standard InChI is InChI=1S/C19H21N5O4/c1-19(2,3)28-18(26)23-14(17(25)27-8-7-20)10-12-5-6-15-13(9-12)22-16(11-21)24(15)4/h5-6,9,14H,8,10H2,1-4H3,(H,23,26). The van der Waals surface area contributed by atoms with E-state index in [0.717, 1.165) is 5.52 Å². The van der Waals surface area contributed by atoms with Crippen molar-refractivity contribution in [1.82, 2.24) is 14.9 Å². The summed E-state index contributed by atoms with van der Waals surface area (Å²) in [4.78, 5) is 28.6. The highest BCUT2D eigenvalue weighted by Crippen LogP contribution is 2.18. The molecule has 1 unspecified atom stereocenters. The van der Waals surface area contributed by atoms with Crippen molar-refractivity contribution in [2.45, 2.75) is 38.8 Å². The van der Waals surface area contributed by atoms with Gasteiger partial charge in [-0.05, 0) is 38.5 Å². The Hall–Kier alpha value is -3.59. The molecule has 1 N–H and O–H groups in total. The highest BCUT2D eigenvalue weighted by molar-refractivity contribution is 5.82. The number of ether oxygens (including phenoxy) is 2. The molecule has 0 saturated heterocycles. The third-order valence-electron chi connectivity index (χ3n) is 3.74. The van der Waals surface area contributed by atoms with E-state index in [1.54, 1.807) is 56.7 Å². The molecule has 1 aromatic carbocycles. The van der Waals surface area contributed by atoms with Crippen LogP contribution in [0.15, 0.2) is 18.2 Å². The maximum atomic E-state index is 12.3. The summed E-state index contributed by atoms with van der Waals surface area (Å²) < 4.78 is 11.7. The molecule has 0 radical (unpaired) electrons. The van der Waals surface area contributed by atoms with Gasteiger partial charge in [0.2, 0.25) is 5.82 Å². The van der Waals surface area contributed by atoms with E-state index in [1.807, 2.05) is 6.07 Å². The second kappa shape index (κ2) is 8.40. The number of rotatable bonds is 5. The third kappa shape index (κ3) is 5.21. The molecule has 0 fully saturated rings. The summed E-state index contributed by atoms with van der Waals surface area (Å²) in [5.74, 6) is -0.477. The topological polar surface area (TPSA) is 130 Å². The zero-order valence-corrected chi connectivity index (χ0v) is 16.1. The number of aryl methyl sites for hydroxylation is 1. The first-order chi connectivity index (χ1) is 13.1. The second-order valence-corrected chi connectivity index (χ2v) is 7.10. The van der Waals surface area contributed by atoms with E-state index in [1.165, 1.54) is 0 Å². The van der Waals surface area contributed by atoms with Gasteiger partial charge in [-0.15, -0.1) is 0 Å². The average molecular weight is 383 g/mol. The number of benzene rings is 1. The number of amides is 1. The van der Waals surface area contributed by atoms with Gasteiger partial charge in [0.05, 0.1) is 11.0 Å². The van der Waals surface area contributed by atoms with Gasteiger partial charge in [-0.25, -0.2) is 14.6 Å². The minimum absolute atomic E-state index is 0.109. The molecule has 0 spiro atoms. The normalized spacial score (nSPS) is 11.9. The van der Waals surface area contributed by atoms with E-state index in [2.05, 4.69) is 10.3 Å². The summed E-state index contributed by atoms with van der Waals surface area (Å²) >= 11 is 0. The summed E-state index contributed by atoms with van der Waals surface area (Å²) in [6.45, 7) is 4.70. The molecule has 1 aromatic heterocycles. The molecule has 2 aromatic rings. The summed E-state index contributed by atoms with van der Waals surface area (Å²) in [7, 11) is 1.74. The van der Waals surface area contributed by atoms with Crippen LogP contribution in [-0.2, 0) is 27.7 Å². The monoisotopic (exact) mass is 383 g/mol. The van der Waals surface area contributed by atoms with E-state index >= 15 is 0 Å². The van der Waals surface area contributed by atoms with Gasteiger partial charge in [0.15, 0.2) is 6.61 Å². The van der Waals surface area contributed by atoms with Crippen LogP contribution < -0.4 is 5.32 Å². The van der Waals surface area contributed by atoms with Crippen molar-refractivity contribution < 1.29 is 19.1 Å². The molecule has 0 aliphatic carbocycles. The Morgan fingerprint density at radius 3 is 2.64 bits per heavy atom. The number of nitrogens with one attached hydrogen (secondary N) is 1. The number of imidazole rings is 1. The summed E-state index contributed by atoms with van der Waals surface area (Å²) in [6, 6.07) is 7.97. The van der Waals surface area contributed by atoms with Crippen molar-refractivity contribution in [2.24, 2.45) is 7.05 Å². The van der Waals surface area contributed by atoms with Gasteiger partial charge in [-0.1, -0.05) is 6.07 Å². The zero-order chi connectivity index (χ0) is 20.9. The zero-order valence-electron chi connectivity index (χ0n) is 16.1. The van der Waals surface area contributed by atoms with E-state index in [9.17, 15) is 9.59 Å². The lowest BCUT2D eigenvalue weighted by molar-refractivity contribution is -0.144. The van der Waals surface area contributed by atoms with Gasteiger partial charge in [-0.3, -0.25) is 0 Å². The van der Waals surface area contributed by atoms with E-state index in [4.69, 9.17) is 20.0 Å². The molecule has 1 atom stereocenters. The predicted octanol–water partition coefficient (Wildman–Crippen LogP) is 1.95. The SMILES string of the molecule is Cn1c(C#N)nc2cc(CC(NC(=O)OC(C)(C)C)C(=O)OCC#N)ccc21. The van der Waals surface area contributed by atoms with Gasteiger partial charge < -0.3 is 19.4 Å². The quantitative estimate of drug-likeness (QED) is 0.781. The fourth-order valence-corrected chi connectivity index (χ4v) is 2.56. The lowest BCUT2D eigenvalue weighted by Crippen LogP contribution is -2.45. The van der Waals surface area contributed by atoms with Gasteiger partial charge in [0, 0.05) is 13.5 Å². The van der Waals surface area contributed by atoms with Crippen molar-refractivity contribution in [3.8, 4) is 12.1 Å². The number of carbonyl (C=O) groups excluding carboxylic acids is 2. The van der Waals surface area contributed by atoms with Crippen LogP contribution in [-0.4, -0.2) is 39.9 Å². The minimum atomic E-state index is -1.04. The maximum absolute atomic E-state index is 12.3. The molecule has 9 nitrogen and oxygen atoms in total. The minimum Gasteiger partial charge on any atom is -0.449 e. The number of nitrogens with zero attached hydrogens (tertiary/aromatic N) is 4. The van der Waals surface area contributed by atoms with Crippen LogP contribution in [0.5, 0.6) is 0 Å². The van der Waals surface area contributed by atoms with Crippen molar-refractivity contribution >= 4 is 23.1 Å². The molecule has 146 valence electrons. The number of hydrogen-bond donors (Lipinski definition) is 1. The number of nitriles is 2. The first kappa shape index (κ1) is 20.7. The maximum Gasteiger partial charge on any atom is 0.408 e. The highest BCUT2D eigenvalue weighted by Gasteiger charge is 2.26. The van der Waals surface area contributed by atoms with Crippen molar-refractivity contribution in [3.05, 3.63) is 29.6 Å². The second-order valence-electron chi connectivity index (χ2n) is 7.10. The van der Waals surface area contributed by atoms with Crippen molar-refractivity contribution in [3.63, 3.8) is 0 Å². The van der Waals surface area contributed by atoms with Crippen LogP contribution in [0.1, 0.15) is 32.2 Å². The van der Waals surface area contributed by atoms with Crippen LogP contribution in [0.3, 0.4) is 0 Å². The Labute approximate surface area is 162 Å². The van der Waals surface area contributed by atoms with Crippen LogP contribution in [0.25, 0.3) is 11.0 Å². The molecule has 28 heavy (non-hydrogen) atoms. The molecule has 0 aliphatic rings. The van der Waals surface area contributed by atoms with Gasteiger partial charge >= 0.3 is 12.1 Å². The Balaban J connectivity index is 2.24. The number of esters is 1. The molecule has 0 saturated carbocycles. The summed E-state index contributed by atoms with van der Waals surface area (Å²) in [6.07, 6.45) is -0.658. The number of fused-ring (bicyclic) bond motifs is 1. The first-order valence-corrected chi connectivity index (χ1v) is 8.53. The van der Waals surface area contributed by atoms with Gasteiger partial charge in [-0.2, -0.15) is 10.5 Å². The van der Waals surface area contributed by atoms with Crippen LogP contribution in [0.4, 0.5) is 4.79 Å². The Kier molecular flexibility index (Phi) is 6.22. The smallest absolute Gasteiger partial charge is 0.408 e. The Bertz CT molecular complexity index is 975. The Morgan fingerprint density at radius 2 is 2.04 bits per heavy atom. The number of hydrogen-bond acceptors (Lipinski definition) is 7. The largest absolute Gasteiger partial charge is 0.449 e. The molecule has 0 bridgehead atoms. The third-order valence-corrected chi connectivity index (χ3v) is 3.74. The van der Waals surface area contributed by atoms with Crippen LogP contribution >= 0.6 is 0 Å². The van der Waals surface area contributed by atoms with Gasteiger partial charge in [0.25, 0.3) is 0 Å². The fraction of sp³-hybridized carbons (Fsp3) is 0.421. The molecule has 1 heterocycles. The average Bonchev–Trinajstić information content (AvgIpc) is 2.93. The summed E-state index contributed by atoms with van der Waals surface area (Å²) in [5.41, 5.74) is 1.33. The molecular formula is C19H21N5O4. The van der Waals surface area contributed by atoms with E-state index in [-0.39, 0.29) is 12.2 Å². The van der Waals surface area contributed by atoms with Crippen LogP contribution in [0.2, 0.25) is 0 Å². The van der Waals surface area contributed by atoms with Crippen molar-refractivity contribution in [1.29, 1.82) is 10.5 Å². The Morgan fingerprint density at radius 1 is 1.32 bits per heavy atom. The fourth-order valence-electron chi connectivity index (χ4n) is 2.56.